The lowest BCUT2D eigenvalue weighted by Crippen LogP contribution is -2.58. The van der Waals surface area contributed by atoms with E-state index < -0.39 is 11.5 Å². The van der Waals surface area contributed by atoms with Crippen molar-refractivity contribution in [3.8, 4) is 0 Å². The third-order valence-electron chi connectivity index (χ3n) is 4.45. The molecule has 4 nitrogen and oxygen atoms in total. The van der Waals surface area contributed by atoms with Gasteiger partial charge in [0.2, 0.25) is 0 Å². The second-order valence-electron chi connectivity index (χ2n) is 5.32. The van der Waals surface area contributed by atoms with E-state index in [9.17, 15) is 9.90 Å². The lowest BCUT2D eigenvalue weighted by atomic mass is 9.78. The van der Waals surface area contributed by atoms with Crippen LogP contribution in [0.25, 0.3) is 0 Å². The van der Waals surface area contributed by atoms with Crippen molar-refractivity contribution in [2.24, 2.45) is 0 Å². The lowest BCUT2D eigenvalue weighted by molar-refractivity contribution is -0.157. The van der Waals surface area contributed by atoms with E-state index in [2.05, 4.69) is 4.90 Å². The molecule has 0 aromatic heterocycles. The number of carboxylic acid groups (broad SMARTS) is 1. The van der Waals surface area contributed by atoms with Gasteiger partial charge in [0.15, 0.2) is 0 Å². The number of methoxy groups -OCH3 is 1. The van der Waals surface area contributed by atoms with Gasteiger partial charge in [-0.05, 0) is 51.6 Å². The van der Waals surface area contributed by atoms with Crippen molar-refractivity contribution in [1.82, 2.24) is 4.90 Å². The van der Waals surface area contributed by atoms with Crippen LogP contribution in [0.3, 0.4) is 0 Å². The smallest absolute Gasteiger partial charge is 0.324 e. The van der Waals surface area contributed by atoms with Crippen LogP contribution in [0, 0.1) is 0 Å². The van der Waals surface area contributed by atoms with Crippen LogP contribution in [0.4, 0.5) is 0 Å². The van der Waals surface area contributed by atoms with Crippen LogP contribution in [-0.2, 0) is 9.53 Å². The minimum absolute atomic E-state index is 0.257. The molecule has 98 valence electrons. The maximum absolute atomic E-state index is 11.7. The average molecular weight is 241 g/mol. The Labute approximate surface area is 103 Å². The number of rotatable bonds is 3. The topological polar surface area (TPSA) is 49.8 Å². The zero-order valence-electron chi connectivity index (χ0n) is 10.7. The molecule has 0 aromatic rings. The molecule has 0 radical (unpaired) electrons. The summed E-state index contributed by atoms with van der Waals surface area (Å²) in [6.07, 6.45) is 7.01. The maximum atomic E-state index is 11.7. The molecule has 1 heterocycles. The fraction of sp³-hybridized carbons (Fsp3) is 0.923. The van der Waals surface area contributed by atoms with E-state index in [-0.39, 0.29) is 6.10 Å². The van der Waals surface area contributed by atoms with Gasteiger partial charge in [-0.1, -0.05) is 6.42 Å². The molecule has 4 heteroatoms. The number of nitrogens with zero attached hydrogens (tertiary/aromatic N) is 1. The van der Waals surface area contributed by atoms with Gasteiger partial charge in [-0.2, -0.15) is 0 Å². The Bertz CT molecular complexity index is 266. The van der Waals surface area contributed by atoms with E-state index in [0.717, 1.165) is 51.6 Å². The standard InChI is InChI=1S/C13H23NO3/c1-17-11-5-7-13(8-6-11,12(15)16)14-9-3-2-4-10-14/h11H,2-10H2,1H3,(H,15,16). The van der Waals surface area contributed by atoms with Crippen molar-refractivity contribution in [2.45, 2.75) is 56.6 Å². The number of ether oxygens (including phenoxy) is 1. The zero-order valence-corrected chi connectivity index (χ0v) is 10.7. The van der Waals surface area contributed by atoms with Crippen molar-refractivity contribution in [2.75, 3.05) is 20.2 Å². The van der Waals surface area contributed by atoms with Crippen molar-refractivity contribution >= 4 is 5.97 Å². The zero-order chi connectivity index (χ0) is 12.3. The summed E-state index contributed by atoms with van der Waals surface area (Å²) >= 11 is 0. The Morgan fingerprint density at radius 2 is 1.82 bits per heavy atom. The molecule has 1 aliphatic carbocycles. The van der Waals surface area contributed by atoms with Crippen LogP contribution in [0.15, 0.2) is 0 Å². The van der Waals surface area contributed by atoms with Gasteiger partial charge in [-0.3, -0.25) is 9.69 Å². The predicted octanol–water partition coefficient (Wildman–Crippen LogP) is 1.88. The fourth-order valence-corrected chi connectivity index (χ4v) is 3.29. The molecule has 2 rings (SSSR count). The van der Waals surface area contributed by atoms with Crippen molar-refractivity contribution in [3.63, 3.8) is 0 Å². The molecule has 0 atom stereocenters. The first kappa shape index (κ1) is 12.8. The molecule has 1 saturated carbocycles. The first-order valence-corrected chi connectivity index (χ1v) is 6.70. The summed E-state index contributed by atoms with van der Waals surface area (Å²) in [5.74, 6) is -0.631. The number of aliphatic carboxylic acids is 1. The SMILES string of the molecule is COC1CCC(C(=O)O)(N2CCCCC2)CC1. The number of carbonyl (C=O) groups is 1. The minimum atomic E-state index is -0.631. The third kappa shape index (κ3) is 2.47. The van der Waals surface area contributed by atoms with Gasteiger partial charge in [0.05, 0.1) is 6.10 Å². The van der Waals surface area contributed by atoms with Gasteiger partial charge in [-0.15, -0.1) is 0 Å². The van der Waals surface area contributed by atoms with Crippen molar-refractivity contribution in [1.29, 1.82) is 0 Å². The molecule has 0 spiro atoms. The van der Waals surface area contributed by atoms with Gasteiger partial charge >= 0.3 is 5.97 Å². The van der Waals surface area contributed by atoms with Crippen LogP contribution in [0.2, 0.25) is 0 Å². The van der Waals surface area contributed by atoms with Gasteiger partial charge in [-0.25, -0.2) is 0 Å². The highest BCUT2D eigenvalue weighted by Crippen LogP contribution is 2.36. The molecule has 17 heavy (non-hydrogen) atoms. The van der Waals surface area contributed by atoms with Crippen LogP contribution in [-0.4, -0.2) is 47.8 Å². The average Bonchev–Trinajstić information content (AvgIpc) is 2.39. The molecule has 1 aliphatic heterocycles. The summed E-state index contributed by atoms with van der Waals surface area (Å²) in [7, 11) is 1.72. The third-order valence-corrected chi connectivity index (χ3v) is 4.45. The van der Waals surface area contributed by atoms with Crippen molar-refractivity contribution < 1.29 is 14.6 Å². The van der Waals surface area contributed by atoms with E-state index in [1.807, 2.05) is 0 Å². The molecule has 0 aromatic carbocycles. The summed E-state index contributed by atoms with van der Waals surface area (Å²) < 4.78 is 5.34. The number of carboxylic acids is 1. The Kier molecular flexibility index (Phi) is 4.05. The highest BCUT2D eigenvalue weighted by atomic mass is 16.5. The molecule has 0 unspecified atom stereocenters. The molecular formula is C13H23NO3. The largest absolute Gasteiger partial charge is 0.480 e. The summed E-state index contributed by atoms with van der Waals surface area (Å²) in [6, 6.07) is 0. The Morgan fingerprint density at radius 1 is 1.24 bits per heavy atom. The molecule has 2 aliphatic rings. The van der Waals surface area contributed by atoms with Crippen LogP contribution >= 0.6 is 0 Å². The Balaban J connectivity index is 2.07. The number of hydrogen-bond donors (Lipinski definition) is 1. The van der Waals surface area contributed by atoms with Gasteiger partial charge in [0.25, 0.3) is 0 Å². The van der Waals surface area contributed by atoms with Gasteiger partial charge in [0.1, 0.15) is 5.54 Å². The molecule has 0 amide bonds. The molecule has 1 saturated heterocycles. The van der Waals surface area contributed by atoms with E-state index in [0.29, 0.717) is 0 Å². The highest BCUT2D eigenvalue weighted by Gasteiger charge is 2.46. The van der Waals surface area contributed by atoms with E-state index >= 15 is 0 Å². The van der Waals surface area contributed by atoms with Gasteiger partial charge < -0.3 is 9.84 Å². The summed E-state index contributed by atoms with van der Waals surface area (Å²) in [5.41, 5.74) is -0.602. The second-order valence-corrected chi connectivity index (χ2v) is 5.32. The van der Waals surface area contributed by atoms with Crippen LogP contribution < -0.4 is 0 Å². The van der Waals surface area contributed by atoms with E-state index in [4.69, 9.17) is 4.74 Å². The quantitative estimate of drug-likeness (QED) is 0.819. The minimum Gasteiger partial charge on any atom is -0.480 e. The molecular weight excluding hydrogens is 218 g/mol. The van der Waals surface area contributed by atoms with E-state index in [1.165, 1.54) is 6.42 Å². The lowest BCUT2D eigenvalue weighted by Gasteiger charge is -2.46. The number of piperidine rings is 1. The normalized spacial score (nSPS) is 35.7. The van der Waals surface area contributed by atoms with Crippen molar-refractivity contribution in [3.05, 3.63) is 0 Å². The van der Waals surface area contributed by atoms with Gasteiger partial charge in [0, 0.05) is 7.11 Å². The first-order valence-electron chi connectivity index (χ1n) is 6.70. The predicted molar refractivity (Wildman–Crippen MR) is 65.1 cm³/mol. The molecule has 0 bridgehead atoms. The summed E-state index contributed by atoms with van der Waals surface area (Å²) in [4.78, 5) is 13.9. The Morgan fingerprint density at radius 3 is 2.29 bits per heavy atom. The number of likely N-dealkylation sites (tertiary alicyclic amines) is 1. The first-order chi connectivity index (χ1) is 8.19. The molecule has 1 N–H and O–H groups in total. The van der Waals surface area contributed by atoms with Crippen LogP contribution in [0.1, 0.15) is 44.9 Å². The summed E-state index contributed by atoms with van der Waals surface area (Å²) in [5, 5.41) is 9.62. The fourth-order valence-electron chi connectivity index (χ4n) is 3.29. The maximum Gasteiger partial charge on any atom is 0.324 e. The highest BCUT2D eigenvalue weighted by molar-refractivity contribution is 5.79. The monoisotopic (exact) mass is 241 g/mol. The Hall–Kier alpha value is -0.610. The number of hydrogen-bond acceptors (Lipinski definition) is 3. The van der Waals surface area contributed by atoms with E-state index in [1.54, 1.807) is 7.11 Å². The second kappa shape index (κ2) is 5.36. The van der Waals surface area contributed by atoms with Crippen LogP contribution in [0.5, 0.6) is 0 Å². The summed E-state index contributed by atoms with van der Waals surface area (Å²) in [6.45, 7) is 1.90. The molecule has 2 fully saturated rings.